The molecular formula is C23H31N3O5Si. The monoisotopic (exact) mass is 457 g/mol. The minimum atomic E-state index is -1.56. The van der Waals surface area contributed by atoms with Gasteiger partial charge < -0.3 is 30.9 Å². The molecule has 3 rings (SSSR count). The van der Waals surface area contributed by atoms with E-state index in [9.17, 15) is 19.8 Å². The van der Waals surface area contributed by atoms with Crippen LogP contribution in [0.4, 0.5) is 0 Å². The number of hydrogen-bond acceptors (Lipinski definition) is 6. The molecule has 1 aliphatic rings. The molecule has 0 unspecified atom stereocenters. The Morgan fingerprint density at radius 1 is 1.16 bits per heavy atom. The van der Waals surface area contributed by atoms with Crippen LogP contribution in [0.1, 0.15) is 21.5 Å². The van der Waals surface area contributed by atoms with E-state index in [-0.39, 0.29) is 37.2 Å². The van der Waals surface area contributed by atoms with Crippen molar-refractivity contribution in [2.75, 3.05) is 19.9 Å². The summed E-state index contributed by atoms with van der Waals surface area (Å²) in [6, 6.07) is 11.6. The van der Waals surface area contributed by atoms with E-state index in [4.69, 9.17) is 10.5 Å². The molecule has 0 fully saturated rings. The van der Waals surface area contributed by atoms with E-state index < -0.39 is 19.5 Å². The normalized spacial score (nSPS) is 15.4. The predicted molar refractivity (Wildman–Crippen MR) is 124 cm³/mol. The SMILES string of the molecule is C[Si](C)(C)CCOCNC(=O)[C@](N)(CN1Cc2ccc(O)cc2C1=O)c1ccc(O)cc1. The summed E-state index contributed by atoms with van der Waals surface area (Å²) in [5, 5.41) is 22.1. The summed E-state index contributed by atoms with van der Waals surface area (Å²) >= 11 is 0. The number of nitrogens with zero attached hydrogens (tertiary/aromatic N) is 1. The molecule has 0 radical (unpaired) electrons. The van der Waals surface area contributed by atoms with Gasteiger partial charge in [0.2, 0.25) is 5.91 Å². The van der Waals surface area contributed by atoms with Gasteiger partial charge in [-0.3, -0.25) is 9.59 Å². The van der Waals surface area contributed by atoms with Gasteiger partial charge in [0.05, 0.1) is 6.54 Å². The Hall–Kier alpha value is -2.88. The summed E-state index contributed by atoms with van der Waals surface area (Å²) in [5.74, 6) is -0.734. The average Bonchev–Trinajstić information content (AvgIpc) is 3.02. The van der Waals surface area contributed by atoms with Crippen molar-refractivity contribution >= 4 is 19.9 Å². The molecule has 8 nitrogen and oxygen atoms in total. The van der Waals surface area contributed by atoms with Crippen LogP contribution in [0.3, 0.4) is 0 Å². The molecule has 0 saturated carbocycles. The van der Waals surface area contributed by atoms with Crippen molar-refractivity contribution in [2.45, 2.75) is 37.8 Å². The van der Waals surface area contributed by atoms with Gasteiger partial charge in [-0.1, -0.05) is 37.8 Å². The van der Waals surface area contributed by atoms with E-state index in [0.29, 0.717) is 17.7 Å². The number of benzene rings is 2. The highest BCUT2D eigenvalue weighted by molar-refractivity contribution is 6.76. The third-order valence-corrected chi connectivity index (χ3v) is 7.24. The van der Waals surface area contributed by atoms with Gasteiger partial charge >= 0.3 is 0 Å². The number of rotatable bonds is 9. The molecule has 0 bridgehead atoms. The number of phenols is 2. The molecule has 0 spiro atoms. The molecule has 0 saturated heterocycles. The second kappa shape index (κ2) is 9.31. The fraction of sp³-hybridized carbons (Fsp3) is 0.391. The van der Waals surface area contributed by atoms with Crippen molar-refractivity contribution in [3.05, 3.63) is 59.2 Å². The van der Waals surface area contributed by atoms with Crippen LogP contribution in [0.5, 0.6) is 11.5 Å². The van der Waals surface area contributed by atoms with Crippen LogP contribution in [-0.4, -0.2) is 54.9 Å². The Morgan fingerprint density at radius 3 is 2.47 bits per heavy atom. The number of nitrogens with two attached hydrogens (primary N) is 1. The maximum Gasteiger partial charge on any atom is 0.254 e. The molecular weight excluding hydrogens is 426 g/mol. The lowest BCUT2D eigenvalue weighted by molar-refractivity contribution is -0.129. The highest BCUT2D eigenvalue weighted by Crippen LogP contribution is 2.30. The number of nitrogens with one attached hydrogen (secondary N) is 1. The molecule has 0 aromatic heterocycles. The Labute approximate surface area is 189 Å². The Morgan fingerprint density at radius 2 is 1.81 bits per heavy atom. The maximum atomic E-state index is 13.2. The Balaban J connectivity index is 1.76. The number of carbonyl (C=O) groups is 2. The number of fused-ring (bicyclic) bond motifs is 1. The van der Waals surface area contributed by atoms with E-state index in [1.54, 1.807) is 18.2 Å². The molecule has 1 atom stereocenters. The first-order valence-electron chi connectivity index (χ1n) is 10.6. The summed E-state index contributed by atoms with van der Waals surface area (Å²) in [5.41, 5.74) is 6.67. The molecule has 172 valence electrons. The van der Waals surface area contributed by atoms with E-state index in [2.05, 4.69) is 25.0 Å². The van der Waals surface area contributed by atoms with Gasteiger partial charge in [0.1, 0.15) is 23.8 Å². The highest BCUT2D eigenvalue weighted by Gasteiger charge is 2.41. The number of aromatic hydroxyl groups is 2. The zero-order valence-electron chi connectivity index (χ0n) is 18.7. The summed E-state index contributed by atoms with van der Waals surface area (Å²) in [7, 11) is -1.24. The van der Waals surface area contributed by atoms with Crippen LogP contribution in [0, 0.1) is 0 Å². The van der Waals surface area contributed by atoms with Crippen molar-refractivity contribution in [1.29, 1.82) is 0 Å². The fourth-order valence-corrected chi connectivity index (χ4v) is 4.31. The topological polar surface area (TPSA) is 125 Å². The molecule has 2 aromatic carbocycles. The number of carbonyl (C=O) groups excluding carboxylic acids is 2. The molecule has 5 N–H and O–H groups in total. The van der Waals surface area contributed by atoms with Crippen molar-refractivity contribution in [1.82, 2.24) is 10.2 Å². The lowest BCUT2D eigenvalue weighted by atomic mass is 9.89. The van der Waals surface area contributed by atoms with Crippen molar-refractivity contribution in [2.24, 2.45) is 5.73 Å². The quantitative estimate of drug-likeness (QED) is 0.260. The molecule has 9 heteroatoms. The maximum absolute atomic E-state index is 13.2. The van der Waals surface area contributed by atoms with E-state index >= 15 is 0 Å². The number of hydrogen-bond donors (Lipinski definition) is 4. The predicted octanol–water partition coefficient (Wildman–Crippen LogP) is 2.34. The minimum absolute atomic E-state index is 0.00436. The third kappa shape index (κ3) is 5.48. The van der Waals surface area contributed by atoms with Crippen LogP contribution in [0.2, 0.25) is 25.7 Å². The van der Waals surface area contributed by atoms with Gasteiger partial charge in [0, 0.05) is 26.8 Å². The molecule has 1 aliphatic heterocycles. The third-order valence-electron chi connectivity index (χ3n) is 5.53. The van der Waals surface area contributed by atoms with Gasteiger partial charge in [-0.25, -0.2) is 0 Å². The van der Waals surface area contributed by atoms with Gasteiger partial charge in [-0.15, -0.1) is 0 Å². The summed E-state index contributed by atoms with van der Waals surface area (Å²) < 4.78 is 5.58. The molecule has 0 aliphatic carbocycles. The van der Waals surface area contributed by atoms with Crippen LogP contribution < -0.4 is 11.1 Å². The van der Waals surface area contributed by atoms with E-state index in [0.717, 1.165) is 11.6 Å². The lowest BCUT2D eigenvalue weighted by Crippen LogP contribution is -2.58. The first-order chi connectivity index (χ1) is 15.0. The second-order valence-electron chi connectivity index (χ2n) is 9.39. The van der Waals surface area contributed by atoms with Crippen LogP contribution in [0.25, 0.3) is 0 Å². The fourth-order valence-electron chi connectivity index (χ4n) is 3.56. The minimum Gasteiger partial charge on any atom is -0.508 e. The van der Waals surface area contributed by atoms with Gasteiger partial charge in [0.15, 0.2) is 0 Å². The largest absolute Gasteiger partial charge is 0.508 e. The first-order valence-corrected chi connectivity index (χ1v) is 14.3. The second-order valence-corrected chi connectivity index (χ2v) is 15.0. The van der Waals surface area contributed by atoms with E-state index in [1.807, 2.05) is 0 Å². The standard InChI is InChI=1S/C23H31N3O5Si/c1-32(2,3)11-10-31-15-25-22(30)23(24,17-5-8-18(27)9-6-17)14-26-13-16-4-7-19(28)12-20(16)21(26)29/h4-9,12,27-28H,10-11,13-15,24H2,1-3H3,(H,25,30)/t23-/m0/s1. The molecule has 32 heavy (non-hydrogen) atoms. The Kier molecular flexibility index (Phi) is 6.92. The summed E-state index contributed by atoms with van der Waals surface area (Å²) in [4.78, 5) is 27.6. The smallest absolute Gasteiger partial charge is 0.254 e. The van der Waals surface area contributed by atoms with Crippen LogP contribution in [-0.2, 0) is 21.6 Å². The van der Waals surface area contributed by atoms with Crippen molar-refractivity contribution < 1.29 is 24.5 Å². The van der Waals surface area contributed by atoms with Crippen molar-refractivity contribution in [3.63, 3.8) is 0 Å². The average molecular weight is 458 g/mol. The first kappa shape index (κ1) is 23.8. The molecule has 2 amide bonds. The number of amides is 2. The molecule has 1 heterocycles. The number of ether oxygens (including phenoxy) is 1. The van der Waals surface area contributed by atoms with Gasteiger partial charge in [-0.2, -0.15) is 0 Å². The number of phenolic OH excluding ortho intramolecular Hbond substituents is 2. The van der Waals surface area contributed by atoms with E-state index in [1.165, 1.54) is 29.2 Å². The summed E-state index contributed by atoms with van der Waals surface area (Å²) in [6.07, 6.45) is 0. The zero-order valence-corrected chi connectivity index (χ0v) is 19.7. The van der Waals surface area contributed by atoms with Gasteiger partial charge in [0.25, 0.3) is 5.91 Å². The van der Waals surface area contributed by atoms with Crippen molar-refractivity contribution in [3.8, 4) is 11.5 Å². The molecule has 2 aromatic rings. The zero-order chi connectivity index (χ0) is 23.5. The van der Waals surface area contributed by atoms with Gasteiger partial charge in [-0.05, 0) is 41.4 Å². The highest BCUT2D eigenvalue weighted by atomic mass is 28.3. The van der Waals surface area contributed by atoms with Crippen LogP contribution >= 0.6 is 0 Å². The lowest BCUT2D eigenvalue weighted by Gasteiger charge is -2.33. The Bertz CT molecular complexity index is 990. The summed E-state index contributed by atoms with van der Waals surface area (Å²) in [6.45, 7) is 7.51. The van der Waals surface area contributed by atoms with Crippen LogP contribution in [0.15, 0.2) is 42.5 Å².